The van der Waals surface area contributed by atoms with Crippen molar-refractivity contribution in [2.45, 2.75) is 200 Å². The molecular weight excluding hydrogens is 697 g/mol. The first-order chi connectivity index (χ1) is 26.4. The molecule has 0 heterocycles. The van der Waals surface area contributed by atoms with Crippen LogP contribution in [0.2, 0.25) is 0 Å². The third-order valence-corrected chi connectivity index (χ3v) is 10.2. The molecule has 0 saturated heterocycles. The molecule has 0 aliphatic rings. The van der Waals surface area contributed by atoms with Crippen molar-refractivity contribution in [3.63, 3.8) is 0 Å². The number of rotatable bonds is 42. The zero-order chi connectivity index (χ0) is 39.5. The Morgan fingerprint density at radius 3 is 1.57 bits per heavy atom. The van der Waals surface area contributed by atoms with Crippen molar-refractivity contribution < 1.29 is 32.8 Å². The fourth-order valence-electron chi connectivity index (χ4n) is 6.01. The first kappa shape index (κ1) is 52.5. The fraction of sp³-hybridized carbons (Fsp3) is 0.800. The lowest BCUT2D eigenvalue weighted by Crippen LogP contribution is -2.28. The Bertz CT molecular complexity index is 968. The quantitative estimate of drug-likeness (QED) is 0.0272. The van der Waals surface area contributed by atoms with Crippen LogP contribution in [-0.4, -0.2) is 49.9 Å². The molecule has 0 rings (SSSR count). The summed E-state index contributed by atoms with van der Waals surface area (Å²) in [7, 11) is -4.28. The van der Waals surface area contributed by atoms with Crippen LogP contribution in [0.3, 0.4) is 0 Å². The zero-order valence-corrected chi connectivity index (χ0v) is 35.8. The van der Waals surface area contributed by atoms with Gasteiger partial charge in [0.25, 0.3) is 0 Å². The molecule has 2 atom stereocenters. The number of nitrogens with two attached hydrogens (primary N) is 1. The lowest BCUT2D eigenvalue weighted by Gasteiger charge is -2.20. The normalized spacial score (nSPS) is 13.9. The molecule has 8 nitrogen and oxygen atoms in total. The number of hydrogen-bond donors (Lipinski definition) is 2. The smallest absolute Gasteiger partial charge is 0.457 e. The van der Waals surface area contributed by atoms with E-state index >= 15 is 0 Å². The van der Waals surface area contributed by atoms with E-state index in [0.29, 0.717) is 13.0 Å². The Balaban J connectivity index is 4.02. The molecule has 0 aliphatic carbocycles. The number of hydrogen-bond acceptors (Lipinski definition) is 7. The van der Waals surface area contributed by atoms with Crippen LogP contribution in [-0.2, 0) is 27.9 Å². The predicted octanol–water partition coefficient (Wildman–Crippen LogP) is 13.2. The maximum atomic E-state index is 12.6. The number of carbonyl (C=O) groups is 1. The predicted molar refractivity (Wildman–Crippen MR) is 229 cm³/mol. The summed E-state index contributed by atoms with van der Waals surface area (Å²) in [6, 6.07) is 0. The highest BCUT2D eigenvalue weighted by Gasteiger charge is 2.25. The molecule has 0 spiro atoms. The summed E-state index contributed by atoms with van der Waals surface area (Å²) in [5.41, 5.74) is 5.37. The highest BCUT2D eigenvalue weighted by Crippen LogP contribution is 2.43. The van der Waals surface area contributed by atoms with Crippen LogP contribution < -0.4 is 5.73 Å². The summed E-state index contributed by atoms with van der Waals surface area (Å²) in [6.45, 7) is 4.79. The second-order valence-electron chi connectivity index (χ2n) is 14.5. The molecule has 0 aromatic carbocycles. The summed E-state index contributed by atoms with van der Waals surface area (Å²) < 4.78 is 33.4. The molecule has 9 heteroatoms. The third kappa shape index (κ3) is 41.6. The largest absolute Gasteiger partial charge is 0.472 e. The average molecular weight is 782 g/mol. The van der Waals surface area contributed by atoms with E-state index in [2.05, 4.69) is 62.5 Å². The van der Waals surface area contributed by atoms with Gasteiger partial charge in [0, 0.05) is 19.6 Å². The van der Waals surface area contributed by atoms with Crippen molar-refractivity contribution in [2.75, 3.05) is 33.0 Å². The lowest BCUT2D eigenvalue weighted by molar-refractivity contribution is -0.154. The summed E-state index contributed by atoms with van der Waals surface area (Å²) in [5.74, 6) is -0.348. The highest BCUT2D eigenvalue weighted by molar-refractivity contribution is 7.47. The van der Waals surface area contributed by atoms with Gasteiger partial charge in [-0.3, -0.25) is 13.8 Å². The molecule has 316 valence electrons. The zero-order valence-electron chi connectivity index (χ0n) is 35.0. The molecule has 0 fully saturated rings. The summed E-state index contributed by atoms with van der Waals surface area (Å²) in [6.07, 6.45) is 49.9. The minimum Gasteiger partial charge on any atom is -0.457 e. The molecule has 2 unspecified atom stereocenters. The number of unbranched alkanes of at least 4 members (excludes halogenated alkanes) is 21. The second kappa shape index (κ2) is 42.6. The van der Waals surface area contributed by atoms with Gasteiger partial charge in [-0.25, -0.2) is 4.57 Å². The van der Waals surface area contributed by atoms with Gasteiger partial charge in [0.15, 0.2) is 0 Å². The van der Waals surface area contributed by atoms with Crippen molar-refractivity contribution in [2.24, 2.45) is 5.73 Å². The summed E-state index contributed by atoms with van der Waals surface area (Å²) >= 11 is 0. The Morgan fingerprint density at radius 2 is 1.04 bits per heavy atom. The van der Waals surface area contributed by atoms with Gasteiger partial charge < -0.3 is 20.1 Å². The number of allylic oxidation sites excluding steroid dienone is 8. The first-order valence-electron chi connectivity index (χ1n) is 22.1. The standard InChI is InChI=1S/C45H84NO7P/c1-3-5-7-9-11-13-15-17-19-20-21-22-23-25-27-29-31-33-35-37-40-50-42-44(43-52-54(48,49)51-41-39-46)53-45(47)38-36-34-32-30-28-26-24-18-16-14-12-10-8-6-4-2/h6,8,12,14,17-19,24,44H,3-5,7,9-11,13,15-16,20-23,25-43,46H2,1-2H3,(H,48,49)/b8-6-,14-12-,19-17-,24-18-. The Kier molecular flexibility index (Phi) is 41.4. The summed E-state index contributed by atoms with van der Waals surface area (Å²) in [5, 5.41) is 0. The Morgan fingerprint density at radius 1 is 0.574 bits per heavy atom. The van der Waals surface area contributed by atoms with Crippen LogP contribution in [0.1, 0.15) is 194 Å². The van der Waals surface area contributed by atoms with Gasteiger partial charge in [0.1, 0.15) is 6.10 Å². The van der Waals surface area contributed by atoms with Crippen LogP contribution in [0, 0.1) is 0 Å². The van der Waals surface area contributed by atoms with Gasteiger partial charge in [-0.2, -0.15) is 0 Å². The SMILES string of the molecule is CC/C=C\C/C=C\C/C=C\CCCCCCCC(=O)OC(COCCCCCCCCCCCC/C=C\CCCCCCCC)COP(=O)(O)OCCN. The minimum absolute atomic E-state index is 0.0959. The Hall–Kier alpha value is -1.54. The van der Waals surface area contributed by atoms with Crippen LogP contribution in [0.5, 0.6) is 0 Å². The van der Waals surface area contributed by atoms with Gasteiger partial charge in [0.05, 0.1) is 19.8 Å². The van der Waals surface area contributed by atoms with Crippen LogP contribution in [0.25, 0.3) is 0 Å². The third-order valence-electron chi connectivity index (χ3n) is 9.23. The van der Waals surface area contributed by atoms with E-state index in [4.69, 9.17) is 24.3 Å². The number of ether oxygens (including phenoxy) is 2. The molecule has 0 radical (unpaired) electrons. The molecule has 0 aromatic heterocycles. The molecule has 0 amide bonds. The van der Waals surface area contributed by atoms with Gasteiger partial charge in [-0.1, -0.05) is 165 Å². The molecule has 0 bridgehead atoms. The van der Waals surface area contributed by atoms with E-state index in [-0.39, 0.29) is 32.3 Å². The molecule has 0 saturated carbocycles. The first-order valence-corrected chi connectivity index (χ1v) is 23.6. The van der Waals surface area contributed by atoms with Crippen molar-refractivity contribution in [3.05, 3.63) is 48.6 Å². The minimum atomic E-state index is -4.28. The molecule has 0 aromatic rings. The maximum Gasteiger partial charge on any atom is 0.472 e. The molecular formula is C45H84NO7P. The molecule has 3 N–H and O–H groups in total. The number of carbonyl (C=O) groups excluding carboxylic acids is 1. The van der Waals surface area contributed by atoms with Crippen molar-refractivity contribution in [1.82, 2.24) is 0 Å². The van der Waals surface area contributed by atoms with E-state index in [0.717, 1.165) is 70.6 Å². The average Bonchev–Trinajstić information content (AvgIpc) is 3.16. The van der Waals surface area contributed by atoms with Crippen LogP contribution >= 0.6 is 7.82 Å². The van der Waals surface area contributed by atoms with Gasteiger partial charge in [-0.15, -0.1) is 0 Å². The van der Waals surface area contributed by atoms with Gasteiger partial charge >= 0.3 is 13.8 Å². The van der Waals surface area contributed by atoms with Crippen molar-refractivity contribution >= 4 is 13.8 Å². The van der Waals surface area contributed by atoms with Crippen LogP contribution in [0.15, 0.2) is 48.6 Å². The topological polar surface area (TPSA) is 117 Å². The fourth-order valence-corrected chi connectivity index (χ4v) is 6.77. The van der Waals surface area contributed by atoms with E-state index in [1.807, 2.05) is 0 Å². The number of phosphoric acid groups is 1. The van der Waals surface area contributed by atoms with E-state index in [1.54, 1.807) is 0 Å². The monoisotopic (exact) mass is 782 g/mol. The van der Waals surface area contributed by atoms with Gasteiger partial charge in [-0.05, 0) is 70.6 Å². The van der Waals surface area contributed by atoms with Gasteiger partial charge in [0.2, 0.25) is 0 Å². The number of esters is 1. The highest BCUT2D eigenvalue weighted by atomic mass is 31.2. The molecule has 0 aliphatic heterocycles. The van der Waals surface area contributed by atoms with Crippen molar-refractivity contribution in [1.29, 1.82) is 0 Å². The van der Waals surface area contributed by atoms with Crippen LogP contribution in [0.4, 0.5) is 0 Å². The second-order valence-corrected chi connectivity index (χ2v) is 16.0. The van der Waals surface area contributed by atoms with E-state index in [1.165, 1.54) is 103 Å². The Labute approximate surface area is 332 Å². The lowest BCUT2D eigenvalue weighted by atomic mass is 10.1. The maximum absolute atomic E-state index is 12.6. The van der Waals surface area contributed by atoms with Crippen molar-refractivity contribution in [3.8, 4) is 0 Å². The van der Waals surface area contributed by atoms with E-state index < -0.39 is 13.9 Å². The molecule has 54 heavy (non-hydrogen) atoms. The number of phosphoric ester groups is 1. The van der Waals surface area contributed by atoms with E-state index in [9.17, 15) is 14.3 Å². The summed E-state index contributed by atoms with van der Waals surface area (Å²) in [4.78, 5) is 22.5.